The maximum atomic E-state index is 12.2. The van der Waals surface area contributed by atoms with Crippen LogP contribution in [-0.4, -0.2) is 29.7 Å². The SMILES string of the molecule is N[C@H](C1CCCCCCC1)[C@H](O)C(=O)NCCc1ccc(Cl)cc1Cl. The molecule has 4 nitrogen and oxygen atoms in total. The van der Waals surface area contributed by atoms with Crippen LogP contribution in [0.15, 0.2) is 18.2 Å². The predicted molar refractivity (Wildman–Crippen MR) is 103 cm³/mol. The number of rotatable bonds is 6. The molecule has 2 rings (SSSR count). The van der Waals surface area contributed by atoms with Gasteiger partial charge in [0.1, 0.15) is 6.10 Å². The summed E-state index contributed by atoms with van der Waals surface area (Å²) in [6.07, 6.45) is 7.36. The van der Waals surface area contributed by atoms with Crippen LogP contribution in [-0.2, 0) is 11.2 Å². The summed E-state index contributed by atoms with van der Waals surface area (Å²) in [5.74, 6) is -0.189. The van der Waals surface area contributed by atoms with Crippen molar-refractivity contribution >= 4 is 29.1 Å². The summed E-state index contributed by atoms with van der Waals surface area (Å²) in [6.45, 7) is 0.397. The number of amides is 1. The van der Waals surface area contributed by atoms with E-state index < -0.39 is 18.1 Å². The molecule has 1 aromatic carbocycles. The van der Waals surface area contributed by atoms with E-state index in [0.717, 1.165) is 31.2 Å². The van der Waals surface area contributed by atoms with E-state index in [-0.39, 0.29) is 5.92 Å². The lowest BCUT2D eigenvalue weighted by Crippen LogP contribution is -2.50. The van der Waals surface area contributed by atoms with Gasteiger partial charge < -0.3 is 16.2 Å². The fourth-order valence-electron chi connectivity index (χ4n) is 3.45. The van der Waals surface area contributed by atoms with E-state index in [0.29, 0.717) is 23.0 Å². The van der Waals surface area contributed by atoms with Crippen molar-refractivity contribution in [3.05, 3.63) is 33.8 Å². The van der Waals surface area contributed by atoms with E-state index in [1.54, 1.807) is 12.1 Å². The summed E-state index contributed by atoms with van der Waals surface area (Å²) in [5.41, 5.74) is 7.10. The maximum absolute atomic E-state index is 12.2. The Kier molecular flexibility index (Phi) is 8.50. The molecule has 1 saturated carbocycles. The van der Waals surface area contributed by atoms with Crippen LogP contribution in [0.2, 0.25) is 10.0 Å². The van der Waals surface area contributed by atoms with Crippen LogP contribution in [0.25, 0.3) is 0 Å². The summed E-state index contributed by atoms with van der Waals surface area (Å²) in [7, 11) is 0. The number of nitrogens with one attached hydrogen (secondary N) is 1. The number of hydrogen-bond donors (Lipinski definition) is 3. The molecule has 0 aromatic heterocycles. The van der Waals surface area contributed by atoms with Crippen molar-refractivity contribution in [2.24, 2.45) is 11.7 Å². The van der Waals surface area contributed by atoms with E-state index in [1.165, 1.54) is 19.3 Å². The molecule has 1 aliphatic rings. The molecule has 1 aliphatic carbocycles. The van der Waals surface area contributed by atoms with Gasteiger partial charge in [0.15, 0.2) is 0 Å². The summed E-state index contributed by atoms with van der Waals surface area (Å²) < 4.78 is 0. The highest BCUT2D eigenvalue weighted by Gasteiger charge is 2.29. The zero-order valence-corrected chi connectivity index (χ0v) is 16.0. The molecule has 1 fully saturated rings. The van der Waals surface area contributed by atoms with Gasteiger partial charge >= 0.3 is 0 Å². The van der Waals surface area contributed by atoms with E-state index >= 15 is 0 Å². The van der Waals surface area contributed by atoms with Crippen molar-refractivity contribution in [2.45, 2.75) is 63.5 Å². The van der Waals surface area contributed by atoms with Crippen LogP contribution in [0.1, 0.15) is 50.5 Å². The monoisotopic (exact) mass is 386 g/mol. The quantitative estimate of drug-likeness (QED) is 0.697. The van der Waals surface area contributed by atoms with E-state index in [1.807, 2.05) is 6.07 Å². The Bertz CT molecular complexity index is 560. The number of hydrogen-bond acceptors (Lipinski definition) is 3. The number of aliphatic hydroxyl groups excluding tert-OH is 1. The molecule has 4 N–H and O–H groups in total. The van der Waals surface area contributed by atoms with Gasteiger partial charge in [0, 0.05) is 22.6 Å². The van der Waals surface area contributed by atoms with Gasteiger partial charge in [0.2, 0.25) is 5.91 Å². The molecular weight excluding hydrogens is 359 g/mol. The molecule has 0 saturated heterocycles. The third-order valence-electron chi connectivity index (χ3n) is 5.04. The van der Waals surface area contributed by atoms with Gasteiger partial charge in [-0.05, 0) is 42.9 Å². The first-order valence-corrected chi connectivity index (χ1v) is 9.90. The molecule has 1 amide bonds. The van der Waals surface area contributed by atoms with Crippen molar-refractivity contribution in [1.82, 2.24) is 5.32 Å². The number of carbonyl (C=O) groups excluding carboxylic acids is 1. The molecule has 6 heteroatoms. The fraction of sp³-hybridized carbons (Fsp3) is 0.632. The van der Waals surface area contributed by atoms with Crippen molar-refractivity contribution in [3.63, 3.8) is 0 Å². The summed E-state index contributed by atoms with van der Waals surface area (Å²) in [4.78, 5) is 12.2. The van der Waals surface area contributed by atoms with Gasteiger partial charge in [-0.3, -0.25) is 4.79 Å². The number of carbonyl (C=O) groups is 1. The molecule has 0 heterocycles. The van der Waals surface area contributed by atoms with Crippen molar-refractivity contribution in [2.75, 3.05) is 6.54 Å². The second-order valence-corrected chi connectivity index (χ2v) is 7.75. The molecule has 0 radical (unpaired) electrons. The molecule has 0 spiro atoms. The van der Waals surface area contributed by atoms with Gasteiger partial charge in [-0.15, -0.1) is 0 Å². The summed E-state index contributed by atoms with van der Waals surface area (Å²) in [5, 5.41) is 14.2. The van der Waals surface area contributed by atoms with E-state index in [2.05, 4.69) is 5.32 Å². The van der Waals surface area contributed by atoms with Gasteiger partial charge in [0.25, 0.3) is 0 Å². The molecule has 0 aliphatic heterocycles. The highest BCUT2D eigenvalue weighted by atomic mass is 35.5. The Morgan fingerprint density at radius 1 is 1.20 bits per heavy atom. The third kappa shape index (κ3) is 6.45. The first-order chi connectivity index (χ1) is 12.0. The molecule has 25 heavy (non-hydrogen) atoms. The van der Waals surface area contributed by atoms with Crippen molar-refractivity contribution < 1.29 is 9.90 Å². The lowest BCUT2D eigenvalue weighted by atomic mass is 9.84. The third-order valence-corrected chi connectivity index (χ3v) is 5.62. The van der Waals surface area contributed by atoms with Crippen molar-refractivity contribution in [1.29, 1.82) is 0 Å². The molecule has 0 unspecified atom stereocenters. The normalized spacial score (nSPS) is 18.9. The highest BCUT2D eigenvalue weighted by molar-refractivity contribution is 6.35. The lowest BCUT2D eigenvalue weighted by molar-refractivity contribution is -0.131. The maximum Gasteiger partial charge on any atom is 0.250 e. The fourth-order valence-corrected chi connectivity index (χ4v) is 3.96. The number of aliphatic hydroxyl groups is 1. The standard InChI is InChI=1S/C19H28Cl2N2O2/c20-15-9-8-13(16(21)12-15)10-11-23-19(25)18(24)17(22)14-6-4-2-1-3-5-7-14/h8-9,12,14,17-18,24H,1-7,10-11,22H2,(H,23,25)/t17-,18+/m1/s1. The van der Waals surface area contributed by atoms with Crippen LogP contribution in [0, 0.1) is 5.92 Å². The lowest BCUT2D eigenvalue weighted by Gasteiger charge is -2.28. The molecule has 140 valence electrons. The first-order valence-electron chi connectivity index (χ1n) is 9.14. The molecular formula is C19H28Cl2N2O2. The molecule has 1 aromatic rings. The van der Waals surface area contributed by atoms with Gasteiger partial charge in [-0.25, -0.2) is 0 Å². The van der Waals surface area contributed by atoms with Crippen LogP contribution in [0.5, 0.6) is 0 Å². The Hall–Kier alpha value is -0.810. The van der Waals surface area contributed by atoms with Crippen LogP contribution >= 0.6 is 23.2 Å². The number of nitrogens with two attached hydrogens (primary N) is 1. The summed E-state index contributed by atoms with van der Waals surface area (Å²) >= 11 is 12.0. The van der Waals surface area contributed by atoms with E-state index in [9.17, 15) is 9.90 Å². The zero-order valence-electron chi connectivity index (χ0n) is 14.5. The Morgan fingerprint density at radius 2 is 1.84 bits per heavy atom. The Labute approximate surface area is 160 Å². The Morgan fingerprint density at radius 3 is 2.48 bits per heavy atom. The first kappa shape index (κ1) is 20.5. The second-order valence-electron chi connectivity index (χ2n) is 6.90. The van der Waals surface area contributed by atoms with Crippen molar-refractivity contribution in [3.8, 4) is 0 Å². The second kappa shape index (κ2) is 10.4. The number of benzene rings is 1. The highest BCUT2D eigenvalue weighted by Crippen LogP contribution is 2.25. The van der Waals surface area contributed by atoms with Gasteiger partial charge in [0.05, 0.1) is 0 Å². The molecule has 0 bridgehead atoms. The topological polar surface area (TPSA) is 75.3 Å². The van der Waals surface area contributed by atoms with E-state index in [4.69, 9.17) is 28.9 Å². The number of halogens is 2. The van der Waals surface area contributed by atoms with Crippen LogP contribution < -0.4 is 11.1 Å². The predicted octanol–water partition coefficient (Wildman–Crippen LogP) is 3.70. The smallest absolute Gasteiger partial charge is 0.250 e. The summed E-state index contributed by atoms with van der Waals surface area (Å²) in [6, 6.07) is 4.79. The zero-order chi connectivity index (χ0) is 18.2. The van der Waals surface area contributed by atoms with Crippen LogP contribution in [0.3, 0.4) is 0 Å². The minimum absolute atomic E-state index is 0.215. The van der Waals surface area contributed by atoms with Gasteiger partial charge in [-0.2, -0.15) is 0 Å². The average molecular weight is 387 g/mol. The largest absolute Gasteiger partial charge is 0.382 e. The average Bonchev–Trinajstić information content (AvgIpc) is 2.55. The van der Waals surface area contributed by atoms with Crippen LogP contribution in [0.4, 0.5) is 0 Å². The molecule has 2 atom stereocenters. The van der Waals surface area contributed by atoms with Gasteiger partial charge in [-0.1, -0.05) is 61.4 Å². The minimum Gasteiger partial charge on any atom is -0.382 e. The minimum atomic E-state index is -1.16. The Balaban J connectivity index is 1.80.